The van der Waals surface area contributed by atoms with E-state index in [2.05, 4.69) is 23.5 Å². The molecule has 1 amide bonds. The highest BCUT2D eigenvalue weighted by atomic mass is 16.7. The largest absolute Gasteiger partial charge is 0.497 e. The molecule has 2 fully saturated rings. The van der Waals surface area contributed by atoms with Crippen molar-refractivity contribution in [2.75, 3.05) is 25.6 Å². The zero-order valence-electron chi connectivity index (χ0n) is 21.0. The number of carbonyl (C=O) groups is 1. The first kappa shape index (κ1) is 23.7. The topological polar surface area (TPSA) is 74.6 Å². The standard InChI is InChI=1S/C30H31N3O4/c1-35-25-11-9-21(10-12-25)20-33-28(18-27(32-33)24-13-14-30(19-24)36-15-16-37-30)31-29(34)17-23-7-4-6-22-5-2-3-8-26(22)23/h2-12,18,24H,13-17,19-20H2,1H3,(H,31,34). The summed E-state index contributed by atoms with van der Waals surface area (Å²) in [5.74, 6) is 1.20. The molecule has 2 aliphatic rings. The van der Waals surface area contributed by atoms with Crippen LogP contribution in [0.3, 0.4) is 0 Å². The molecule has 7 heteroatoms. The van der Waals surface area contributed by atoms with Crippen LogP contribution in [0.5, 0.6) is 5.75 Å². The Hall–Kier alpha value is -3.68. The minimum atomic E-state index is -0.470. The third-order valence-electron chi connectivity index (χ3n) is 7.45. The van der Waals surface area contributed by atoms with E-state index in [1.54, 1.807) is 7.11 Å². The quantitative estimate of drug-likeness (QED) is 0.376. The van der Waals surface area contributed by atoms with Crippen molar-refractivity contribution in [1.82, 2.24) is 9.78 Å². The zero-order chi connectivity index (χ0) is 25.2. The molecule has 1 saturated carbocycles. The summed E-state index contributed by atoms with van der Waals surface area (Å²) >= 11 is 0. The van der Waals surface area contributed by atoms with Crippen molar-refractivity contribution in [3.63, 3.8) is 0 Å². The lowest BCUT2D eigenvalue weighted by atomic mass is 10.0. The Kier molecular flexibility index (Phi) is 6.40. The first-order valence-electron chi connectivity index (χ1n) is 12.9. The molecule has 1 saturated heterocycles. The molecule has 190 valence electrons. The van der Waals surface area contributed by atoms with E-state index in [9.17, 15) is 4.79 Å². The molecule has 0 bridgehead atoms. The summed E-state index contributed by atoms with van der Waals surface area (Å²) in [4.78, 5) is 13.2. The fraction of sp³-hybridized carbons (Fsp3) is 0.333. The number of carbonyl (C=O) groups excluding carboxylic acids is 1. The predicted molar refractivity (Wildman–Crippen MR) is 142 cm³/mol. The molecule has 37 heavy (non-hydrogen) atoms. The molecule has 1 spiro atoms. The van der Waals surface area contributed by atoms with Gasteiger partial charge in [-0.2, -0.15) is 5.10 Å². The maximum Gasteiger partial charge on any atom is 0.229 e. The third-order valence-corrected chi connectivity index (χ3v) is 7.45. The SMILES string of the molecule is COc1ccc(Cn2nc(C3CCC4(C3)OCCO4)cc2NC(=O)Cc2cccc3ccccc23)cc1. The maximum atomic E-state index is 13.2. The van der Waals surface area contributed by atoms with Crippen LogP contribution in [-0.4, -0.2) is 41.8 Å². The monoisotopic (exact) mass is 497 g/mol. The van der Waals surface area contributed by atoms with E-state index < -0.39 is 5.79 Å². The van der Waals surface area contributed by atoms with Crippen LogP contribution in [0.15, 0.2) is 72.8 Å². The van der Waals surface area contributed by atoms with Gasteiger partial charge in [0.15, 0.2) is 5.79 Å². The van der Waals surface area contributed by atoms with Crippen molar-refractivity contribution in [3.8, 4) is 5.75 Å². The Morgan fingerprint density at radius 1 is 1.08 bits per heavy atom. The molecule has 3 aromatic carbocycles. The van der Waals surface area contributed by atoms with Crippen molar-refractivity contribution >= 4 is 22.5 Å². The second kappa shape index (κ2) is 10.00. The van der Waals surface area contributed by atoms with E-state index in [4.69, 9.17) is 19.3 Å². The number of nitrogens with zero attached hydrogens (tertiary/aromatic N) is 2. The van der Waals surface area contributed by atoms with Crippen LogP contribution in [0.4, 0.5) is 5.82 Å². The number of nitrogens with one attached hydrogen (secondary N) is 1. The van der Waals surface area contributed by atoms with E-state index in [0.29, 0.717) is 32.0 Å². The summed E-state index contributed by atoms with van der Waals surface area (Å²) in [5.41, 5.74) is 3.04. The molecular formula is C30H31N3O4. The van der Waals surface area contributed by atoms with Gasteiger partial charge in [-0.15, -0.1) is 0 Å². The van der Waals surface area contributed by atoms with Gasteiger partial charge in [-0.05, 0) is 40.5 Å². The average Bonchev–Trinajstić information content (AvgIpc) is 3.66. The number of rotatable bonds is 7. The molecule has 1 aliphatic heterocycles. The van der Waals surface area contributed by atoms with Gasteiger partial charge in [-0.25, -0.2) is 4.68 Å². The summed E-state index contributed by atoms with van der Waals surface area (Å²) in [5, 5.41) is 10.3. The molecule has 1 aromatic heterocycles. The van der Waals surface area contributed by atoms with Crippen LogP contribution < -0.4 is 10.1 Å². The highest BCUT2D eigenvalue weighted by molar-refractivity contribution is 5.95. The van der Waals surface area contributed by atoms with E-state index >= 15 is 0 Å². The van der Waals surface area contributed by atoms with Crippen molar-refractivity contribution in [1.29, 1.82) is 0 Å². The number of hydrogen-bond acceptors (Lipinski definition) is 5. The average molecular weight is 498 g/mol. The van der Waals surface area contributed by atoms with Gasteiger partial charge in [0.25, 0.3) is 0 Å². The summed E-state index contributed by atoms with van der Waals surface area (Å²) in [7, 11) is 1.66. The number of ether oxygens (including phenoxy) is 3. The van der Waals surface area contributed by atoms with E-state index in [0.717, 1.165) is 52.6 Å². The summed E-state index contributed by atoms with van der Waals surface area (Å²) in [6.07, 6.45) is 2.89. The predicted octanol–water partition coefficient (Wildman–Crippen LogP) is 5.29. The molecule has 0 radical (unpaired) electrons. The molecule has 6 rings (SSSR count). The summed E-state index contributed by atoms with van der Waals surface area (Å²) in [6, 6.07) is 24.2. The fourth-order valence-electron chi connectivity index (χ4n) is 5.55. The van der Waals surface area contributed by atoms with E-state index in [1.807, 2.05) is 59.3 Å². The van der Waals surface area contributed by atoms with Crippen molar-refractivity contribution in [2.24, 2.45) is 0 Å². The molecule has 1 unspecified atom stereocenters. The van der Waals surface area contributed by atoms with Crippen LogP contribution in [0, 0.1) is 0 Å². The van der Waals surface area contributed by atoms with Gasteiger partial charge in [-0.3, -0.25) is 4.79 Å². The smallest absolute Gasteiger partial charge is 0.229 e. The minimum Gasteiger partial charge on any atom is -0.497 e. The summed E-state index contributed by atoms with van der Waals surface area (Å²) < 4.78 is 19.1. The van der Waals surface area contributed by atoms with Crippen LogP contribution in [-0.2, 0) is 27.2 Å². The molecule has 1 aliphatic carbocycles. The van der Waals surface area contributed by atoms with Gasteiger partial charge < -0.3 is 19.5 Å². The Bertz CT molecular complexity index is 1400. The van der Waals surface area contributed by atoms with Gasteiger partial charge in [-0.1, -0.05) is 54.6 Å². The Morgan fingerprint density at radius 3 is 2.68 bits per heavy atom. The first-order chi connectivity index (χ1) is 18.1. The minimum absolute atomic E-state index is 0.0656. The Balaban J connectivity index is 1.25. The summed E-state index contributed by atoms with van der Waals surface area (Å²) in [6.45, 7) is 1.83. The number of methoxy groups -OCH3 is 1. The lowest BCUT2D eigenvalue weighted by molar-refractivity contribution is -0.151. The number of benzene rings is 3. The van der Waals surface area contributed by atoms with Gasteiger partial charge in [0.05, 0.1) is 39.0 Å². The highest BCUT2D eigenvalue weighted by Crippen LogP contribution is 2.45. The van der Waals surface area contributed by atoms with Crippen molar-refractivity contribution < 1.29 is 19.0 Å². The highest BCUT2D eigenvalue weighted by Gasteiger charge is 2.45. The lowest BCUT2D eigenvalue weighted by Crippen LogP contribution is -2.25. The number of anilines is 1. The second-order valence-corrected chi connectivity index (χ2v) is 9.87. The van der Waals surface area contributed by atoms with Crippen molar-refractivity contribution in [2.45, 2.75) is 43.9 Å². The van der Waals surface area contributed by atoms with Crippen LogP contribution >= 0.6 is 0 Å². The molecule has 4 aromatic rings. The van der Waals surface area contributed by atoms with E-state index in [1.165, 1.54) is 0 Å². The molecule has 7 nitrogen and oxygen atoms in total. The normalized spacial score (nSPS) is 18.5. The molecule has 1 atom stereocenters. The third kappa shape index (κ3) is 4.97. The van der Waals surface area contributed by atoms with E-state index in [-0.39, 0.29) is 11.8 Å². The van der Waals surface area contributed by atoms with Gasteiger partial charge in [0.1, 0.15) is 11.6 Å². The lowest BCUT2D eigenvalue weighted by Gasteiger charge is -2.21. The number of hydrogen-bond donors (Lipinski definition) is 1. The van der Waals surface area contributed by atoms with Crippen molar-refractivity contribution in [3.05, 3.63) is 89.6 Å². The number of fused-ring (bicyclic) bond motifs is 1. The van der Waals surface area contributed by atoms with Crippen LogP contribution in [0.25, 0.3) is 10.8 Å². The Morgan fingerprint density at radius 2 is 1.86 bits per heavy atom. The van der Waals surface area contributed by atoms with Gasteiger partial charge in [0.2, 0.25) is 5.91 Å². The van der Waals surface area contributed by atoms with Crippen LogP contribution in [0.2, 0.25) is 0 Å². The molecular weight excluding hydrogens is 466 g/mol. The fourth-order valence-corrected chi connectivity index (χ4v) is 5.55. The molecule has 2 heterocycles. The first-order valence-corrected chi connectivity index (χ1v) is 12.9. The second-order valence-electron chi connectivity index (χ2n) is 9.87. The number of aromatic nitrogens is 2. The molecule has 1 N–H and O–H groups in total. The van der Waals surface area contributed by atoms with Gasteiger partial charge in [0, 0.05) is 24.8 Å². The maximum absolute atomic E-state index is 13.2. The number of amides is 1. The zero-order valence-corrected chi connectivity index (χ0v) is 21.0. The van der Waals surface area contributed by atoms with Crippen LogP contribution in [0.1, 0.15) is 42.0 Å². The Labute approximate surface area is 216 Å². The van der Waals surface area contributed by atoms with Gasteiger partial charge >= 0.3 is 0 Å².